The van der Waals surface area contributed by atoms with Crippen LogP contribution in [0.1, 0.15) is 69.8 Å². The van der Waals surface area contributed by atoms with Crippen molar-refractivity contribution in [2.75, 3.05) is 0 Å². The SMILES string of the molecule is Clc1ccc(C2=NO[C@@H]3CCCCCCCCCC[C@@H]23)cc1. The fourth-order valence-corrected chi connectivity index (χ4v) is 3.80. The number of halogens is 1. The Morgan fingerprint density at radius 2 is 1.41 bits per heavy atom. The Labute approximate surface area is 138 Å². The minimum Gasteiger partial charge on any atom is -0.392 e. The zero-order valence-electron chi connectivity index (χ0n) is 13.3. The molecule has 0 N–H and O–H groups in total. The van der Waals surface area contributed by atoms with E-state index in [9.17, 15) is 0 Å². The molecule has 120 valence electrons. The number of rotatable bonds is 1. The first kappa shape index (κ1) is 15.9. The van der Waals surface area contributed by atoms with Crippen LogP contribution in [0.25, 0.3) is 0 Å². The molecule has 0 unspecified atom stereocenters. The first-order valence-electron chi connectivity index (χ1n) is 8.84. The summed E-state index contributed by atoms with van der Waals surface area (Å²) in [4.78, 5) is 5.81. The van der Waals surface area contributed by atoms with E-state index >= 15 is 0 Å². The smallest absolute Gasteiger partial charge is 0.136 e. The van der Waals surface area contributed by atoms with Crippen molar-refractivity contribution in [3.8, 4) is 0 Å². The Morgan fingerprint density at radius 1 is 0.818 bits per heavy atom. The van der Waals surface area contributed by atoms with Crippen LogP contribution in [0.2, 0.25) is 5.02 Å². The molecule has 0 amide bonds. The molecule has 1 aromatic carbocycles. The number of oxime groups is 1. The molecule has 1 saturated carbocycles. The van der Waals surface area contributed by atoms with E-state index < -0.39 is 0 Å². The summed E-state index contributed by atoms with van der Waals surface area (Å²) in [6.45, 7) is 0. The van der Waals surface area contributed by atoms with E-state index in [1.807, 2.05) is 12.1 Å². The molecule has 0 bridgehead atoms. The Bertz CT molecular complexity index is 497. The van der Waals surface area contributed by atoms with Gasteiger partial charge in [0.2, 0.25) is 0 Å². The molecule has 1 aliphatic carbocycles. The number of hydrogen-bond acceptors (Lipinski definition) is 2. The van der Waals surface area contributed by atoms with Gasteiger partial charge in [0.15, 0.2) is 0 Å². The van der Waals surface area contributed by atoms with Gasteiger partial charge in [-0.15, -0.1) is 0 Å². The lowest BCUT2D eigenvalue weighted by Gasteiger charge is -2.19. The monoisotopic (exact) mass is 319 g/mol. The van der Waals surface area contributed by atoms with Gasteiger partial charge in [-0.25, -0.2) is 0 Å². The zero-order valence-corrected chi connectivity index (χ0v) is 14.0. The van der Waals surface area contributed by atoms with Crippen molar-refractivity contribution in [1.29, 1.82) is 0 Å². The molecule has 0 spiro atoms. The quantitative estimate of drug-likeness (QED) is 0.624. The Morgan fingerprint density at radius 3 is 2.09 bits per heavy atom. The summed E-state index contributed by atoms with van der Waals surface area (Å²) in [5.41, 5.74) is 2.31. The minimum absolute atomic E-state index is 0.283. The molecular weight excluding hydrogens is 294 g/mol. The Hall–Kier alpha value is -1.02. The topological polar surface area (TPSA) is 21.6 Å². The average molecular weight is 320 g/mol. The first-order chi connectivity index (χ1) is 10.8. The number of nitrogens with zero attached hydrogens (tertiary/aromatic N) is 1. The summed E-state index contributed by atoms with van der Waals surface area (Å²) in [5, 5.41) is 5.22. The van der Waals surface area contributed by atoms with Crippen molar-refractivity contribution in [3.05, 3.63) is 34.9 Å². The second-order valence-electron chi connectivity index (χ2n) is 6.64. The van der Waals surface area contributed by atoms with Crippen molar-refractivity contribution < 1.29 is 4.84 Å². The van der Waals surface area contributed by atoms with Crippen LogP contribution in [0, 0.1) is 5.92 Å². The highest BCUT2D eigenvalue weighted by atomic mass is 35.5. The van der Waals surface area contributed by atoms with Crippen molar-refractivity contribution in [1.82, 2.24) is 0 Å². The van der Waals surface area contributed by atoms with Crippen molar-refractivity contribution in [2.45, 2.75) is 70.3 Å². The number of fused-ring (bicyclic) bond motifs is 1. The van der Waals surface area contributed by atoms with Gasteiger partial charge in [0, 0.05) is 10.9 Å². The third-order valence-electron chi connectivity index (χ3n) is 4.98. The van der Waals surface area contributed by atoms with E-state index in [1.54, 1.807) is 0 Å². The summed E-state index contributed by atoms with van der Waals surface area (Å²) in [6.07, 6.45) is 13.4. The average Bonchev–Trinajstić information content (AvgIpc) is 2.91. The van der Waals surface area contributed by atoms with Crippen LogP contribution in [-0.4, -0.2) is 11.8 Å². The van der Waals surface area contributed by atoms with E-state index in [4.69, 9.17) is 16.4 Å². The van der Waals surface area contributed by atoms with Crippen molar-refractivity contribution in [3.63, 3.8) is 0 Å². The van der Waals surface area contributed by atoms with Gasteiger partial charge in [0.05, 0.1) is 5.71 Å². The Kier molecular flexibility index (Phi) is 5.77. The van der Waals surface area contributed by atoms with Crippen molar-refractivity contribution >= 4 is 17.3 Å². The molecular formula is C19H26ClNO. The molecule has 22 heavy (non-hydrogen) atoms. The van der Waals surface area contributed by atoms with Gasteiger partial charge in [-0.1, -0.05) is 73.8 Å². The molecule has 0 saturated heterocycles. The molecule has 1 aliphatic heterocycles. The summed E-state index contributed by atoms with van der Waals surface area (Å²) >= 11 is 6.01. The normalized spacial score (nSPS) is 27.0. The molecule has 0 aromatic heterocycles. The highest BCUT2D eigenvalue weighted by Gasteiger charge is 2.34. The van der Waals surface area contributed by atoms with E-state index in [0.29, 0.717) is 5.92 Å². The van der Waals surface area contributed by atoms with Crippen LogP contribution in [-0.2, 0) is 4.84 Å². The van der Waals surface area contributed by atoms with E-state index in [0.717, 1.165) is 17.2 Å². The van der Waals surface area contributed by atoms with Crippen LogP contribution in [0.4, 0.5) is 0 Å². The van der Waals surface area contributed by atoms with Crippen LogP contribution in [0.15, 0.2) is 29.4 Å². The third-order valence-corrected chi connectivity index (χ3v) is 5.23. The molecule has 2 nitrogen and oxygen atoms in total. The molecule has 3 heteroatoms. The molecule has 2 aliphatic rings. The molecule has 1 heterocycles. The third kappa shape index (κ3) is 4.04. The maximum Gasteiger partial charge on any atom is 0.136 e. The fourth-order valence-electron chi connectivity index (χ4n) is 3.68. The van der Waals surface area contributed by atoms with Crippen LogP contribution < -0.4 is 0 Å². The van der Waals surface area contributed by atoms with Gasteiger partial charge in [0.1, 0.15) is 6.10 Å². The molecule has 3 rings (SSSR count). The molecule has 2 atom stereocenters. The Balaban J connectivity index is 1.70. The lowest BCUT2D eigenvalue weighted by molar-refractivity contribution is 0.0507. The standard InChI is InChI=1S/C19H26ClNO/c20-16-13-11-15(12-14-16)19-17-9-7-5-3-1-2-4-6-8-10-18(17)22-21-19/h11-14,17-18H,1-10H2/t17-,18-/m1/s1. The molecule has 1 fully saturated rings. The number of benzene rings is 1. The zero-order chi connectivity index (χ0) is 15.2. The van der Waals surface area contributed by atoms with Crippen LogP contribution in [0.3, 0.4) is 0 Å². The highest BCUT2D eigenvalue weighted by Crippen LogP contribution is 2.32. The lowest BCUT2D eigenvalue weighted by atomic mass is 9.85. The van der Waals surface area contributed by atoms with Gasteiger partial charge < -0.3 is 4.84 Å². The van der Waals surface area contributed by atoms with Crippen LogP contribution in [0.5, 0.6) is 0 Å². The summed E-state index contributed by atoms with van der Waals surface area (Å²) < 4.78 is 0. The second-order valence-corrected chi connectivity index (χ2v) is 7.08. The minimum atomic E-state index is 0.283. The second kappa shape index (κ2) is 8.01. The van der Waals surface area contributed by atoms with Crippen molar-refractivity contribution in [2.24, 2.45) is 11.1 Å². The maximum absolute atomic E-state index is 6.01. The van der Waals surface area contributed by atoms with E-state index in [1.165, 1.54) is 63.4 Å². The summed E-state index contributed by atoms with van der Waals surface area (Å²) in [7, 11) is 0. The highest BCUT2D eigenvalue weighted by molar-refractivity contribution is 6.30. The van der Waals surface area contributed by atoms with Gasteiger partial charge in [-0.3, -0.25) is 0 Å². The predicted molar refractivity (Wildman–Crippen MR) is 92.5 cm³/mol. The fraction of sp³-hybridized carbons (Fsp3) is 0.632. The lowest BCUT2D eigenvalue weighted by Crippen LogP contribution is -2.24. The largest absolute Gasteiger partial charge is 0.392 e. The molecule has 0 radical (unpaired) electrons. The van der Waals surface area contributed by atoms with Gasteiger partial charge in [-0.05, 0) is 37.0 Å². The van der Waals surface area contributed by atoms with Crippen LogP contribution >= 0.6 is 11.6 Å². The van der Waals surface area contributed by atoms with E-state index in [2.05, 4.69) is 17.3 Å². The summed E-state index contributed by atoms with van der Waals surface area (Å²) in [5.74, 6) is 0.459. The molecule has 1 aromatic rings. The van der Waals surface area contributed by atoms with Gasteiger partial charge in [-0.2, -0.15) is 0 Å². The number of hydrogen-bond donors (Lipinski definition) is 0. The summed E-state index contributed by atoms with van der Waals surface area (Å²) in [6, 6.07) is 8.04. The van der Waals surface area contributed by atoms with Gasteiger partial charge >= 0.3 is 0 Å². The van der Waals surface area contributed by atoms with Gasteiger partial charge in [0.25, 0.3) is 0 Å². The van der Waals surface area contributed by atoms with E-state index in [-0.39, 0.29) is 6.10 Å². The predicted octanol–water partition coefficient (Wildman–Crippen LogP) is 5.97. The first-order valence-corrected chi connectivity index (χ1v) is 9.22. The maximum atomic E-state index is 6.01.